The molecule has 4 unspecified atom stereocenters. The van der Waals surface area contributed by atoms with E-state index in [9.17, 15) is 19.2 Å². The van der Waals surface area contributed by atoms with E-state index in [0.29, 0.717) is 19.6 Å². The molecule has 1 amide bonds. The number of esters is 3. The summed E-state index contributed by atoms with van der Waals surface area (Å²) in [5.41, 5.74) is 0.618. The Hall–Kier alpha value is -4.23. The Bertz CT molecular complexity index is 1250. The van der Waals surface area contributed by atoms with Crippen LogP contribution in [-0.4, -0.2) is 87.4 Å². The van der Waals surface area contributed by atoms with E-state index in [1.165, 1.54) is 19.4 Å². The van der Waals surface area contributed by atoms with Crippen molar-refractivity contribution in [1.29, 1.82) is 0 Å². The van der Waals surface area contributed by atoms with Gasteiger partial charge in [0.1, 0.15) is 25.4 Å². The number of carbonyl (C=O) groups is 4. The van der Waals surface area contributed by atoms with Crippen LogP contribution in [0.2, 0.25) is 0 Å². The number of ether oxygens (including phenoxy) is 7. The van der Waals surface area contributed by atoms with Gasteiger partial charge >= 0.3 is 17.9 Å². The second-order valence-corrected chi connectivity index (χ2v) is 10.4. The first-order chi connectivity index (χ1) is 21.1. The van der Waals surface area contributed by atoms with Crippen molar-refractivity contribution in [3.8, 4) is 11.5 Å². The fraction of sp³-hybridized carbons (Fsp3) is 0.516. The summed E-state index contributed by atoms with van der Waals surface area (Å²) in [4.78, 5) is 55.9. The Morgan fingerprint density at radius 1 is 1.11 bits per heavy atom. The van der Waals surface area contributed by atoms with Crippen LogP contribution in [0, 0.1) is 11.8 Å². The monoisotopic (exact) mass is 616 g/mol. The van der Waals surface area contributed by atoms with E-state index in [1.54, 1.807) is 13.8 Å². The summed E-state index contributed by atoms with van der Waals surface area (Å²) in [6.45, 7) is 6.64. The molecule has 1 saturated heterocycles. The quantitative estimate of drug-likeness (QED) is 0.188. The summed E-state index contributed by atoms with van der Waals surface area (Å²) in [5.74, 6) is -3.58. The van der Waals surface area contributed by atoms with Crippen molar-refractivity contribution in [1.82, 2.24) is 10.3 Å². The van der Waals surface area contributed by atoms with Crippen LogP contribution in [0.1, 0.15) is 43.7 Å². The van der Waals surface area contributed by atoms with Gasteiger partial charge in [-0.15, -0.1) is 0 Å². The van der Waals surface area contributed by atoms with Crippen LogP contribution >= 0.6 is 0 Å². The highest BCUT2D eigenvalue weighted by Crippen LogP contribution is 2.30. The van der Waals surface area contributed by atoms with E-state index in [4.69, 9.17) is 33.2 Å². The van der Waals surface area contributed by atoms with Crippen LogP contribution < -0.4 is 14.8 Å². The van der Waals surface area contributed by atoms with Gasteiger partial charge in [0.25, 0.3) is 5.91 Å². The molecule has 13 nitrogen and oxygen atoms in total. The third-order valence-electron chi connectivity index (χ3n) is 6.52. The molecule has 0 spiro atoms. The van der Waals surface area contributed by atoms with E-state index in [1.807, 2.05) is 44.2 Å². The van der Waals surface area contributed by atoms with Gasteiger partial charge in [-0.05, 0) is 31.7 Å². The fourth-order valence-electron chi connectivity index (χ4n) is 4.36. The first-order valence-electron chi connectivity index (χ1n) is 14.4. The van der Waals surface area contributed by atoms with E-state index in [-0.39, 0.29) is 29.7 Å². The number of carbonyl (C=O) groups excluding carboxylic acids is 4. The molecular weight excluding hydrogens is 576 g/mol. The molecule has 0 radical (unpaired) electrons. The van der Waals surface area contributed by atoms with Gasteiger partial charge in [-0.3, -0.25) is 9.59 Å². The lowest BCUT2D eigenvalue weighted by atomic mass is 9.91. The maximum atomic E-state index is 13.4. The molecule has 0 aliphatic carbocycles. The van der Waals surface area contributed by atoms with E-state index >= 15 is 0 Å². The minimum Gasteiger partial charge on any atom is -0.493 e. The Labute approximate surface area is 256 Å². The van der Waals surface area contributed by atoms with Gasteiger partial charge in [-0.2, -0.15) is 0 Å². The number of cyclic esters (lactones) is 2. The zero-order valence-corrected chi connectivity index (χ0v) is 25.6. The SMILES string of the molecule is CCOCC(=O)OCOc1c(OC)ccnc1C(=O)NC1COC(=O)C(Cc2ccccc2)C(OCC(C)C)C(C)OC1=O. The first kappa shape index (κ1) is 34.3. The molecule has 240 valence electrons. The molecule has 1 aliphatic rings. The number of methoxy groups -OCH3 is 1. The van der Waals surface area contributed by atoms with Crippen LogP contribution in [0.15, 0.2) is 42.6 Å². The number of hydrogen-bond donors (Lipinski definition) is 1. The normalized spacial score (nSPS) is 20.4. The largest absolute Gasteiger partial charge is 0.493 e. The molecule has 13 heteroatoms. The summed E-state index contributed by atoms with van der Waals surface area (Å²) in [5, 5.41) is 2.51. The zero-order chi connectivity index (χ0) is 32.1. The third-order valence-corrected chi connectivity index (χ3v) is 6.52. The topological polar surface area (TPSA) is 158 Å². The lowest BCUT2D eigenvalue weighted by Crippen LogP contribution is -2.46. The van der Waals surface area contributed by atoms with Crippen LogP contribution in [0.25, 0.3) is 0 Å². The highest BCUT2D eigenvalue weighted by molar-refractivity contribution is 5.98. The van der Waals surface area contributed by atoms with Gasteiger partial charge in [-0.1, -0.05) is 44.2 Å². The summed E-state index contributed by atoms with van der Waals surface area (Å²) in [6, 6.07) is 9.45. The molecule has 1 aromatic carbocycles. The third kappa shape index (κ3) is 9.91. The smallest absolute Gasteiger partial charge is 0.334 e. The average molecular weight is 617 g/mol. The van der Waals surface area contributed by atoms with Crippen molar-refractivity contribution in [2.24, 2.45) is 11.8 Å². The number of nitrogens with one attached hydrogen (secondary N) is 1. The van der Waals surface area contributed by atoms with Gasteiger partial charge in [-0.25, -0.2) is 14.6 Å². The molecule has 1 N–H and O–H groups in total. The summed E-state index contributed by atoms with van der Waals surface area (Å²) in [7, 11) is 1.35. The molecule has 1 aromatic heterocycles. The summed E-state index contributed by atoms with van der Waals surface area (Å²) < 4.78 is 38.1. The van der Waals surface area contributed by atoms with Crippen molar-refractivity contribution in [3.63, 3.8) is 0 Å². The highest BCUT2D eigenvalue weighted by Gasteiger charge is 2.40. The second kappa shape index (κ2) is 17.2. The van der Waals surface area contributed by atoms with Gasteiger partial charge in [0.05, 0.1) is 13.0 Å². The van der Waals surface area contributed by atoms with Crippen LogP contribution in [0.3, 0.4) is 0 Å². The predicted molar refractivity (Wildman–Crippen MR) is 155 cm³/mol. The molecule has 1 aliphatic heterocycles. The Balaban J connectivity index is 1.80. The lowest BCUT2D eigenvalue weighted by Gasteiger charge is -2.30. The van der Waals surface area contributed by atoms with Gasteiger partial charge < -0.3 is 38.5 Å². The van der Waals surface area contributed by atoms with Crippen molar-refractivity contribution < 1.29 is 52.3 Å². The Morgan fingerprint density at radius 2 is 1.86 bits per heavy atom. The Kier molecular flexibility index (Phi) is 13.4. The lowest BCUT2D eigenvalue weighted by molar-refractivity contribution is -0.165. The fourth-order valence-corrected chi connectivity index (χ4v) is 4.36. The summed E-state index contributed by atoms with van der Waals surface area (Å²) >= 11 is 0. The molecular formula is C31H40N2O11. The second-order valence-electron chi connectivity index (χ2n) is 10.4. The number of rotatable bonds is 14. The molecule has 4 atom stereocenters. The van der Waals surface area contributed by atoms with Gasteiger partial charge in [0.15, 0.2) is 23.2 Å². The summed E-state index contributed by atoms with van der Waals surface area (Å²) in [6.07, 6.45) is -0.0460. The predicted octanol–water partition coefficient (Wildman–Crippen LogP) is 2.49. The van der Waals surface area contributed by atoms with Crippen LogP contribution in [0.4, 0.5) is 0 Å². The van der Waals surface area contributed by atoms with Gasteiger partial charge in [0.2, 0.25) is 6.79 Å². The number of nitrogens with zero attached hydrogens (tertiary/aromatic N) is 1. The maximum absolute atomic E-state index is 13.4. The molecule has 3 rings (SSSR count). The first-order valence-corrected chi connectivity index (χ1v) is 14.4. The van der Waals surface area contributed by atoms with Gasteiger partial charge in [0, 0.05) is 25.5 Å². The highest BCUT2D eigenvalue weighted by atomic mass is 16.7. The number of hydrogen-bond acceptors (Lipinski definition) is 12. The van der Waals surface area contributed by atoms with Crippen molar-refractivity contribution in [2.45, 2.75) is 52.4 Å². The van der Waals surface area contributed by atoms with Crippen molar-refractivity contribution in [3.05, 3.63) is 53.9 Å². The van der Waals surface area contributed by atoms with Crippen LogP contribution in [0.5, 0.6) is 11.5 Å². The molecule has 2 heterocycles. The maximum Gasteiger partial charge on any atom is 0.334 e. The number of aromatic nitrogens is 1. The number of amides is 1. The molecule has 1 fully saturated rings. The number of benzene rings is 1. The molecule has 44 heavy (non-hydrogen) atoms. The minimum absolute atomic E-state index is 0.122. The van der Waals surface area contributed by atoms with Crippen molar-refractivity contribution in [2.75, 3.05) is 40.3 Å². The zero-order valence-electron chi connectivity index (χ0n) is 25.6. The molecule has 0 bridgehead atoms. The van der Waals surface area contributed by atoms with Crippen molar-refractivity contribution >= 4 is 23.8 Å². The van der Waals surface area contributed by atoms with E-state index in [2.05, 4.69) is 10.3 Å². The standard InChI is InChI=1S/C31H40N2O11/c1-6-39-17-25(34)42-18-43-28-24(38-5)12-13-32-26(28)29(35)33-23-16-41-30(36)22(14-21-10-8-7-9-11-21)27(40-15-19(2)3)20(4)44-31(23)37/h7-13,19-20,22-23,27H,6,14-18H2,1-5H3,(H,33,35). The van der Waals surface area contributed by atoms with E-state index in [0.717, 1.165) is 5.56 Å². The Morgan fingerprint density at radius 3 is 2.55 bits per heavy atom. The van der Waals surface area contributed by atoms with E-state index < -0.39 is 61.4 Å². The minimum atomic E-state index is -1.38. The average Bonchev–Trinajstić information content (AvgIpc) is 3.04. The molecule has 0 saturated carbocycles. The number of pyridine rings is 1. The molecule has 2 aromatic rings. The van der Waals surface area contributed by atoms with Crippen LogP contribution in [-0.2, 0) is 44.5 Å².